The van der Waals surface area contributed by atoms with Crippen molar-refractivity contribution in [2.75, 3.05) is 13.2 Å². The van der Waals surface area contributed by atoms with Crippen LogP contribution in [0.3, 0.4) is 0 Å². The number of hydrogen-bond acceptors (Lipinski definition) is 5. The Morgan fingerprint density at radius 3 is 2.84 bits per heavy atom. The van der Waals surface area contributed by atoms with Crippen molar-refractivity contribution in [3.05, 3.63) is 46.8 Å². The summed E-state index contributed by atoms with van der Waals surface area (Å²) < 4.78 is 10.8. The molecule has 3 amide bonds. The standard InChI is InChI=1S/C18H19N3O4/c1-11-13(12(2)25-20-11)7-9-21-16(22)18(19-17(21)23)8-10-24-15-6-4-3-5-14(15)18/h3-6H,7-10H2,1-2H3,(H,19,23). The number of ether oxygens (including phenoxy) is 1. The van der Waals surface area contributed by atoms with Crippen molar-refractivity contribution < 1.29 is 18.8 Å². The number of para-hydroxylation sites is 1. The van der Waals surface area contributed by atoms with Gasteiger partial charge in [-0.15, -0.1) is 0 Å². The molecule has 2 aliphatic rings. The van der Waals surface area contributed by atoms with Gasteiger partial charge in [0.1, 0.15) is 11.5 Å². The highest BCUT2D eigenvalue weighted by molar-refractivity contribution is 6.08. The zero-order valence-electron chi connectivity index (χ0n) is 14.2. The minimum atomic E-state index is -1.02. The van der Waals surface area contributed by atoms with Gasteiger partial charge < -0.3 is 14.6 Å². The van der Waals surface area contributed by atoms with Gasteiger partial charge in [-0.25, -0.2) is 4.79 Å². The molecule has 130 valence electrons. The van der Waals surface area contributed by atoms with Gasteiger partial charge >= 0.3 is 6.03 Å². The lowest BCUT2D eigenvalue weighted by atomic mass is 9.84. The predicted octanol–water partition coefficient (Wildman–Crippen LogP) is 2.06. The maximum Gasteiger partial charge on any atom is 0.325 e. The Morgan fingerprint density at radius 2 is 2.08 bits per heavy atom. The highest BCUT2D eigenvalue weighted by Crippen LogP contribution is 2.40. The third-order valence-electron chi connectivity index (χ3n) is 5.02. The summed E-state index contributed by atoms with van der Waals surface area (Å²) in [6.45, 7) is 4.37. The van der Waals surface area contributed by atoms with Crippen LogP contribution in [0.1, 0.15) is 29.0 Å². The normalized spacial score (nSPS) is 22.1. The van der Waals surface area contributed by atoms with E-state index in [2.05, 4.69) is 10.5 Å². The van der Waals surface area contributed by atoms with E-state index in [-0.39, 0.29) is 11.9 Å². The Labute approximate surface area is 144 Å². The van der Waals surface area contributed by atoms with Gasteiger partial charge in [-0.2, -0.15) is 0 Å². The van der Waals surface area contributed by atoms with Crippen molar-refractivity contribution in [3.8, 4) is 5.75 Å². The minimum Gasteiger partial charge on any atom is -0.493 e. The van der Waals surface area contributed by atoms with Crippen LogP contribution in [0.25, 0.3) is 0 Å². The molecule has 0 aliphatic carbocycles. The molecular formula is C18H19N3O4. The maximum atomic E-state index is 13.1. The summed E-state index contributed by atoms with van der Waals surface area (Å²) >= 11 is 0. The molecular weight excluding hydrogens is 322 g/mol. The molecule has 25 heavy (non-hydrogen) atoms. The highest BCUT2D eigenvalue weighted by atomic mass is 16.5. The number of carbonyl (C=O) groups is 2. The SMILES string of the molecule is Cc1noc(C)c1CCN1C(=O)NC2(CCOc3ccccc32)C1=O. The number of aromatic nitrogens is 1. The third-order valence-corrected chi connectivity index (χ3v) is 5.02. The third kappa shape index (κ3) is 2.30. The maximum absolute atomic E-state index is 13.1. The number of amides is 3. The average molecular weight is 341 g/mol. The summed E-state index contributed by atoms with van der Waals surface area (Å²) in [5, 5.41) is 6.82. The van der Waals surface area contributed by atoms with Crippen LogP contribution in [0.5, 0.6) is 5.75 Å². The van der Waals surface area contributed by atoms with E-state index in [1.165, 1.54) is 4.90 Å². The number of fused-ring (bicyclic) bond motifs is 2. The van der Waals surface area contributed by atoms with Crippen LogP contribution in [0, 0.1) is 13.8 Å². The second-order valence-corrected chi connectivity index (χ2v) is 6.44. The Balaban J connectivity index is 1.61. The summed E-state index contributed by atoms with van der Waals surface area (Å²) in [5.41, 5.74) is 1.43. The van der Waals surface area contributed by atoms with E-state index in [1.807, 2.05) is 38.1 Å². The number of nitrogens with zero attached hydrogens (tertiary/aromatic N) is 2. The van der Waals surface area contributed by atoms with E-state index in [1.54, 1.807) is 0 Å². The average Bonchev–Trinajstić information content (AvgIpc) is 3.04. The molecule has 1 unspecified atom stereocenters. The van der Waals surface area contributed by atoms with Crippen molar-refractivity contribution in [2.24, 2.45) is 0 Å². The first-order valence-corrected chi connectivity index (χ1v) is 8.31. The molecule has 1 saturated heterocycles. The van der Waals surface area contributed by atoms with E-state index in [0.717, 1.165) is 22.6 Å². The molecule has 2 aromatic rings. The van der Waals surface area contributed by atoms with E-state index < -0.39 is 5.54 Å². The molecule has 0 saturated carbocycles. The zero-order chi connectivity index (χ0) is 17.6. The molecule has 4 rings (SSSR count). The summed E-state index contributed by atoms with van der Waals surface area (Å²) in [6, 6.07) is 7.00. The minimum absolute atomic E-state index is 0.222. The predicted molar refractivity (Wildman–Crippen MR) is 88.2 cm³/mol. The molecule has 1 atom stereocenters. The zero-order valence-corrected chi connectivity index (χ0v) is 14.2. The number of hydrogen-bond donors (Lipinski definition) is 1. The first-order valence-electron chi connectivity index (χ1n) is 8.31. The lowest BCUT2D eigenvalue weighted by Gasteiger charge is -2.33. The largest absolute Gasteiger partial charge is 0.493 e. The Bertz CT molecular complexity index is 840. The molecule has 3 heterocycles. The van der Waals surface area contributed by atoms with Gasteiger partial charge in [-0.05, 0) is 26.3 Å². The van der Waals surface area contributed by atoms with Gasteiger partial charge in [-0.1, -0.05) is 23.4 Å². The van der Waals surface area contributed by atoms with Crippen LogP contribution in [-0.2, 0) is 16.8 Å². The fourth-order valence-electron chi connectivity index (χ4n) is 3.66. The van der Waals surface area contributed by atoms with Crippen molar-refractivity contribution in [2.45, 2.75) is 32.2 Å². The van der Waals surface area contributed by atoms with E-state index >= 15 is 0 Å². The summed E-state index contributed by atoms with van der Waals surface area (Å²) in [5.74, 6) is 1.14. The molecule has 7 nitrogen and oxygen atoms in total. The quantitative estimate of drug-likeness (QED) is 0.864. The molecule has 7 heteroatoms. The lowest BCUT2D eigenvalue weighted by Crippen LogP contribution is -2.47. The fourth-order valence-corrected chi connectivity index (χ4v) is 3.66. The van der Waals surface area contributed by atoms with Crippen LogP contribution in [0.15, 0.2) is 28.8 Å². The molecule has 1 aromatic heterocycles. The van der Waals surface area contributed by atoms with Gasteiger partial charge in [0.05, 0.1) is 12.3 Å². The number of urea groups is 1. The fraction of sp³-hybridized carbons (Fsp3) is 0.389. The van der Waals surface area contributed by atoms with Gasteiger partial charge in [0.25, 0.3) is 5.91 Å². The van der Waals surface area contributed by atoms with Crippen LogP contribution in [0.4, 0.5) is 4.79 Å². The van der Waals surface area contributed by atoms with E-state index in [4.69, 9.17) is 9.26 Å². The first kappa shape index (κ1) is 15.7. The number of aryl methyl sites for hydroxylation is 2. The molecule has 0 bridgehead atoms. The number of imide groups is 1. The second-order valence-electron chi connectivity index (χ2n) is 6.44. The van der Waals surface area contributed by atoms with Crippen LogP contribution < -0.4 is 10.1 Å². The van der Waals surface area contributed by atoms with E-state index in [0.29, 0.717) is 31.7 Å². The van der Waals surface area contributed by atoms with Crippen molar-refractivity contribution in [1.82, 2.24) is 15.4 Å². The number of rotatable bonds is 3. The Hall–Kier alpha value is -2.83. The van der Waals surface area contributed by atoms with Crippen LogP contribution in [-0.4, -0.2) is 35.1 Å². The smallest absolute Gasteiger partial charge is 0.325 e. The van der Waals surface area contributed by atoms with Gasteiger partial charge in [0.2, 0.25) is 0 Å². The van der Waals surface area contributed by atoms with Crippen LogP contribution >= 0.6 is 0 Å². The van der Waals surface area contributed by atoms with Gasteiger partial charge in [0, 0.05) is 24.1 Å². The van der Waals surface area contributed by atoms with Crippen LogP contribution in [0.2, 0.25) is 0 Å². The molecule has 2 aliphatic heterocycles. The number of carbonyl (C=O) groups excluding carboxylic acids is 2. The Morgan fingerprint density at radius 1 is 1.28 bits per heavy atom. The monoisotopic (exact) mass is 341 g/mol. The number of nitrogens with one attached hydrogen (secondary N) is 1. The molecule has 1 spiro atoms. The first-order chi connectivity index (χ1) is 12.0. The van der Waals surface area contributed by atoms with Crippen molar-refractivity contribution in [3.63, 3.8) is 0 Å². The summed E-state index contributed by atoms with van der Waals surface area (Å²) in [4.78, 5) is 26.9. The van der Waals surface area contributed by atoms with Gasteiger partial charge in [0.15, 0.2) is 5.54 Å². The van der Waals surface area contributed by atoms with Crippen molar-refractivity contribution >= 4 is 11.9 Å². The molecule has 1 fully saturated rings. The van der Waals surface area contributed by atoms with Crippen molar-refractivity contribution in [1.29, 1.82) is 0 Å². The Kier molecular flexibility index (Phi) is 3.52. The summed E-state index contributed by atoms with van der Waals surface area (Å²) in [6.07, 6.45) is 0.949. The molecule has 1 N–H and O–H groups in total. The van der Waals surface area contributed by atoms with Gasteiger partial charge in [-0.3, -0.25) is 9.69 Å². The highest BCUT2D eigenvalue weighted by Gasteiger charge is 2.54. The molecule has 1 aromatic carbocycles. The second kappa shape index (κ2) is 5.61. The number of benzene rings is 1. The lowest BCUT2D eigenvalue weighted by molar-refractivity contribution is -0.132. The topological polar surface area (TPSA) is 84.7 Å². The van der Waals surface area contributed by atoms with E-state index in [9.17, 15) is 9.59 Å². The molecule has 0 radical (unpaired) electrons. The summed E-state index contributed by atoms with van der Waals surface area (Å²) in [7, 11) is 0.